The zero-order valence-corrected chi connectivity index (χ0v) is 13.9. The molecule has 1 aromatic heterocycles. The summed E-state index contributed by atoms with van der Waals surface area (Å²) in [6.45, 7) is 3.75. The molecule has 0 aliphatic heterocycles. The number of benzene rings is 1. The fourth-order valence-corrected chi connectivity index (χ4v) is 3.02. The van der Waals surface area contributed by atoms with Crippen LogP contribution in [0.15, 0.2) is 28.9 Å². The normalized spacial score (nSPS) is 12.3. The average Bonchev–Trinajstić information content (AvgIpc) is 2.38. The van der Waals surface area contributed by atoms with E-state index in [1.165, 1.54) is 12.1 Å². The standard InChI is InChI=1S/C14H12BrCl2FN2/c1-7-11(5-6-12(15)20-7)19-8(2)13-9(16)3-4-10(18)14(13)17/h3-6,8,19H,1-2H3. The van der Waals surface area contributed by atoms with Crippen LogP contribution in [0, 0.1) is 12.7 Å². The van der Waals surface area contributed by atoms with E-state index in [0.29, 0.717) is 10.6 Å². The van der Waals surface area contributed by atoms with E-state index >= 15 is 0 Å². The molecule has 0 saturated heterocycles. The van der Waals surface area contributed by atoms with Crippen molar-refractivity contribution in [1.82, 2.24) is 4.98 Å². The van der Waals surface area contributed by atoms with E-state index in [1.807, 2.05) is 26.0 Å². The van der Waals surface area contributed by atoms with Gasteiger partial charge in [0.25, 0.3) is 0 Å². The van der Waals surface area contributed by atoms with Crippen LogP contribution in [-0.4, -0.2) is 4.98 Å². The number of aromatic nitrogens is 1. The molecular weight excluding hydrogens is 366 g/mol. The van der Waals surface area contributed by atoms with Crippen LogP contribution >= 0.6 is 39.1 Å². The van der Waals surface area contributed by atoms with E-state index in [0.717, 1.165) is 16.0 Å². The first kappa shape index (κ1) is 15.5. The number of hydrogen-bond donors (Lipinski definition) is 1. The van der Waals surface area contributed by atoms with E-state index < -0.39 is 5.82 Å². The van der Waals surface area contributed by atoms with Gasteiger partial charge in [0.05, 0.1) is 22.4 Å². The van der Waals surface area contributed by atoms with Crippen LogP contribution in [0.3, 0.4) is 0 Å². The molecule has 1 atom stereocenters. The largest absolute Gasteiger partial charge is 0.377 e. The summed E-state index contributed by atoms with van der Waals surface area (Å²) < 4.78 is 14.3. The molecule has 2 aromatic rings. The minimum absolute atomic E-state index is 0.0419. The third-order valence-electron chi connectivity index (χ3n) is 2.94. The van der Waals surface area contributed by atoms with Gasteiger partial charge in [-0.15, -0.1) is 0 Å². The molecule has 1 aromatic carbocycles. The quantitative estimate of drug-likeness (QED) is 0.542. The summed E-state index contributed by atoms with van der Waals surface area (Å²) in [6, 6.07) is 6.24. The van der Waals surface area contributed by atoms with E-state index in [-0.39, 0.29) is 11.1 Å². The van der Waals surface area contributed by atoms with Crippen LogP contribution in [0.2, 0.25) is 10.0 Å². The molecule has 20 heavy (non-hydrogen) atoms. The molecule has 0 saturated carbocycles. The van der Waals surface area contributed by atoms with Crippen LogP contribution in [0.4, 0.5) is 10.1 Å². The maximum absolute atomic E-state index is 13.6. The van der Waals surface area contributed by atoms with Crippen molar-refractivity contribution < 1.29 is 4.39 Å². The topological polar surface area (TPSA) is 24.9 Å². The molecule has 106 valence electrons. The van der Waals surface area contributed by atoms with E-state index in [4.69, 9.17) is 23.2 Å². The summed E-state index contributed by atoms with van der Waals surface area (Å²) in [4.78, 5) is 4.30. The zero-order chi connectivity index (χ0) is 14.9. The number of rotatable bonds is 3. The third kappa shape index (κ3) is 3.25. The molecule has 6 heteroatoms. The summed E-state index contributed by atoms with van der Waals surface area (Å²) in [5.74, 6) is -0.481. The Labute approximate surface area is 135 Å². The Bertz CT molecular complexity index is 649. The Morgan fingerprint density at radius 2 is 1.95 bits per heavy atom. The highest BCUT2D eigenvalue weighted by Gasteiger charge is 2.17. The van der Waals surface area contributed by atoms with Gasteiger partial charge in [-0.25, -0.2) is 9.37 Å². The first-order valence-corrected chi connectivity index (χ1v) is 7.48. The fourth-order valence-electron chi connectivity index (χ4n) is 1.93. The second kappa shape index (κ2) is 6.29. The van der Waals surface area contributed by atoms with Crippen molar-refractivity contribution in [2.45, 2.75) is 19.9 Å². The highest BCUT2D eigenvalue weighted by molar-refractivity contribution is 9.10. The van der Waals surface area contributed by atoms with Crippen LogP contribution in [0.5, 0.6) is 0 Å². The molecule has 0 spiro atoms. The molecule has 0 aliphatic rings. The zero-order valence-electron chi connectivity index (χ0n) is 10.8. The molecule has 0 fully saturated rings. The first-order valence-electron chi connectivity index (χ1n) is 5.93. The lowest BCUT2D eigenvalue weighted by Gasteiger charge is -2.19. The highest BCUT2D eigenvalue weighted by atomic mass is 79.9. The summed E-state index contributed by atoms with van der Waals surface area (Å²) in [7, 11) is 0. The molecule has 0 amide bonds. The molecule has 1 N–H and O–H groups in total. The summed E-state index contributed by atoms with van der Waals surface area (Å²) in [5.41, 5.74) is 2.21. The Hall–Kier alpha value is -0.840. The Kier molecular flexibility index (Phi) is 4.89. The monoisotopic (exact) mass is 376 g/mol. The van der Waals surface area contributed by atoms with Gasteiger partial charge in [0.15, 0.2) is 0 Å². The van der Waals surface area contributed by atoms with Gasteiger partial charge in [0.1, 0.15) is 10.4 Å². The summed E-state index contributed by atoms with van der Waals surface area (Å²) >= 11 is 15.4. The lowest BCUT2D eigenvalue weighted by Crippen LogP contribution is -2.10. The van der Waals surface area contributed by atoms with Gasteiger partial charge in [0, 0.05) is 10.6 Å². The number of anilines is 1. The lowest BCUT2D eigenvalue weighted by molar-refractivity contribution is 0.624. The minimum atomic E-state index is -0.481. The van der Waals surface area contributed by atoms with Gasteiger partial charge in [-0.3, -0.25) is 0 Å². The molecule has 0 radical (unpaired) electrons. The van der Waals surface area contributed by atoms with Crippen molar-refractivity contribution in [2.24, 2.45) is 0 Å². The lowest BCUT2D eigenvalue weighted by atomic mass is 10.1. The smallest absolute Gasteiger partial charge is 0.142 e. The summed E-state index contributed by atoms with van der Waals surface area (Å²) in [5, 5.41) is 3.72. The van der Waals surface area contributed by atoms with E-state index in [2.05, 4.69) is 26.2 Å². The van der Waals surface area contributed by atoms with Crippen molar-refractivity contribution in [1.29, 1.82) is 0 Å². The molecule has 1 heterocycles. The van der Waals surface area contributed by atoms with E-state index in [9.17, 15) is 4.39 Å². The number of pyridine rings is 1. The Balaban J connectivity index is 2.33. The molecular formula is C14H12BrCl2FN2. The third-order valence-corrected chi connectivity index (χ3v) is 4.09. The summed E-state index contributed by atoms with van der Waals surface area (Å²) in [6.07, 6.45) is 0. The predicted octanol–water partition coefficient (Wildman–Crippen LogP) is 5.77. The number of hydrogen-bond acceptors (Lipinski definition) is 2. The Morgan fingerprint density at radius 1 is 1.25 bits per heavy atom. The van der Waals surface area contributed by atoms with Gasteiger partial charge in [-0.2, -0.15) is 0 Å². The van der Waals surface area contributed by atoms with Crippen molar-refractivity contribution in [3.8, 4) is 0 Å². The van der Waals surface area contributed by atoms with Crippen molar-refractivity contribution in [3.05, 3.63) is 56.0 Å². The second-order valence-electron chi connectivity index (χ2n) is 4.39. The number of nitrogens with one attached hydrogen (secondary N) is 1. The second-order valence-corrected chi connectivity index (χ2v) is 5.99. The van der Waals surface area contributed by atoms with Gasteiger partial charge in [-0.1, -0.05) is 23.2 Å². The maximum atomic E-state index is 13.6. The Morgan fingerprint density at radius 3 is 2.60 bits per heavy atom. The van der Waals surface area contributed by atoms with Gasteiger partial charge >= 0.3 is 0 Å². The van der Waals surface area contributed by atoms with Crippen molar-refractivity contribution >= 4 is 44.8 Å². The SMILES string of the molecule is Cc1nc(Br)ccc1NC(C)c1c(Cl)ccc(F)c1Cl. The van der Waals surface area contributed by atoms with Crippen LogP contribution < -0.4 is 5.32 Å². The predicted molar refractivity (Wildman–Crippen MR) is 85.1 cm³/mol. The number of aryl methyl sites for hydroxylation is 1. The van der Waals surface area contributed by atoms with Crippen LogP contribution in [0.1, 0.15) is 24.2 Å². The van der Waals surface area contributed by atoms with Gasteiger partial charge in [-0.05, 0) is 54.0 Å². The van der Waals surface area contributed by atoms with Crippen LogP contribution in [-0.2, 0) is 0 Å². The van der Waals surface area contributed by atoms with Crippen molar-refractivity contribution in [3.63, 3.8) is 0 Å². The minimum Gasteiger partial charge on any atom is -0.377 e. The van der Waals surface area contributed by atoms with Crippen molar-refractivity contribution in [2.75, 3.05) is 5.32 Å². The molecule has 2 rings (SSSR count). The number of halogens is 4. The maximum Gasteiger partial charge on any atom is 0.142 e. The fraction of sp³-hybridized carbons (Fsp3) is 0.214. The highest BCUT2D eigenvalue weighted by Crippen LogP contribution is 2.34. The first-order chi connectivity index (χ1) is 9.40. The average molecular weight is 378 g/mol. The molecule has 0 aliphatic carbocycles. The van der Waals surface area contributed by atoms with Gasteiger partial charge in [0.2, 0.25) is 0 Å². The van der Waals surface area contributed by atoms with Gasteiger partial charge < -0.3 is 5.32 Å². The molecule has 0 bridgehead atoms. The van der Waals surface area contributed by atoms with E-state index in [1.54, 1.807) is 0 Å². The molecule has 2 nitrogen and oxygen atoms in total. The van der Waals surface area contributed by atoms with Crippen LogP contribution in [0.25, 0.3) is 0 Å². The number of nitrogens with zero attached hydrogens (tertiary/aromatic N) is 1. The molecule has 1 unspecified atom stereocenters.